The molecule has 0 atom stereocenters. The van der Waals surface area contributed by atoms with Crippen LogP contribution in [0.3, 0.4) is 0 Å². The molecule has 0 unspecified atom stereocenters. The zero-order valence-corrected chi connectivity index (χ0v) is 20.9. The highest BCUT2D eigenvalue weighted by Crippen LogP contribution is 2.40. The smallest absolute Gasteiger partial charge is 0.433 e. The molecule has 0 N–H and O–H groups in total. The highest BCUT2D eigenvalue weighted by molar-refractivity contribution is 6.75. The zero-order chi connectivity index (χ0) is 29.1. The molecule has 2 aromatic rings. The summed E-state index contributed by atoms with van der Waals surface area (Å²) in [6, 6.07) is 3.48. The number of hydrogen-bond donors (Lipinski definition) is 0. The van der Waals surface area contributed by atoms with E-state index in [0.29, 0.717) is 40.9 Å². The van der Waals surface area contributed by atoms with Crippen LogP contribution in [0.1, 0.15) is 27.9 Å². The minimum atomic E-state index is -4.86. The van der Waals surface area contributed by atoms with Crippen LogP contribution in [-0.4, -0.2) is 53.0 Å². The molecule has 0 saturated heterocycles. The van der Waals surface area contributed by atoms with Gasteiger partial charge in [-0.1, -0.05) is 0 Å². The second-order valence-corrected chi connectivity index (χ2v) is 9.61. The number of fused-ring (bicyclic) bond motifs is 3. The number of carbonyl (C=O) groups excluding carboxylic acids is 1. The number of pyridine rings is 1. The van der Waals surface area contributed by atoms with Crippen LogP contribution < -0.4 is 4.74 Å². The average Bonchev–Trinajstić information content (AvgIpc) is 3.39. The number of hydrogen-bond acceptors (Lipinski definition) is 5. The van der Waals surface area contributed by atoms with Gasteiger partial charge in [-0.25, -0.2) is 4.39 Å². The molecule has 0 aliphatic carbocycles. The molecule has 1 aromatic carbocycles. The number of aliphatic imine (C=N–C) groups is 1. The van der Waals surface area contributed by atoms with Gasteiger partial charge in [-0.05, 0) is 41.7 Å². The molecule has 6 nitrogen and oxygen atoms in total. The van der Waals surface area contributed by atoms with Gasteiger partial charge in [-0.3, -0.25) is 14.8 Å². The maximum absolute atomic E-state index is 14.7. The van der Waals surface area contributed by atoms with Gasteiger partial charge >= 0.3 is 12.4 Å². The van der Waals surface area contributed by atoms with Gasteiger partial charge in [-0.2, -0.15) is 26.3 Å². The van der Waals surface area contributed by atoms with E-state index in [-0.39, 0.29) is 40.0 Å². The SMILES string of the molecule is O=C1C2=C3C(=CN=C([B]Cc4c(F)ccc5c4CCO5)N3C=C=C2)c2cnc(C(F)(F)F)cc2CN1CC(F)(F)F. The summed E-state index contributed by atoms with van der Waals surface area (Å²) < 4.78 is 101. The first kappa shape index (κ1) is 26.9. The topological polar surface area (TPSA) is 58.0 Å². The van der Waals surface area contributed by atoms with Crippen molar-refractivity contribution in [2.45, 2.75) is 31.6 Å². The van der Waals surface area contributed by atoms with E-state index in [1.165, 1.54) is 29.4 Å². The first-order valence-corrected chi connectivity index (χ1v) is 12.3. The zero-order valence-electron chi connectivity index (χ0n) is 20.9. The van der Waals surface area contributed by atoms with Gasteiger partial charge in [0, 0.05) is 42.1 Å². The van der Waals surface area contributed by atoms with Crippen molar-refractivity contribution in [1.29, 1.82) is 0 Å². The number of halogens is 7. The molecular formula is C27H17BF7N4O2. The maximum Gasteiger partial charge on any atom is 0.433 e. The van der Waals surface area contributed by atoms with Gasteiger partial charge in [-0.15, -0.1) is 5.73 Å². The molecule has 0 bridgehead atoms. The van der Waals surface area contributed by atoms with Crippen molar-refractivity contribution in [1.82, 2.24) is 14.8 Å². The molecule has 0 saturated carbocycles. The third kappa shape index (κ3) is 4.92. The molecule has 4 aliphatic heterocycles. The van der Waals surface area contributed by atoms with Gasteiger partial charge in [0.15, 0.2) is 0 Å². The molecule has 0 fully saturated rings. The molecule has 4 aliphatic rings. The number of amides is 1. The second kappa shape index (κ2) is 9.65. The summed E-state index contributed by atoms with van der Waals surface area (Å²) in [5.41, 5.74) is 2.81. The third-order valence-corrected chi connectivity index (χ3v) is 7.00. The Labute approximate surface area is 229 Å². The number of aromatic nitrogens is 1. The summed E-state index contributed by atoms with van der Waals surface area (Å²) >= 11 is 0. The van der Waals surface area contributed by atoms with Crippen molar-refractivity contribution in [3.05, 3.63) is 93.6 Å². The summed E-state index contributed by atoms with van der Waals surface area (Å²) in [5, 5.41) is 0. The van der Waals surface area contributed by atoms with Crippen LogP contribution in [0, 0.1) is 5.82 Å². The van der Waals surface area contributed by atoms with Gasteiger partial charge < -0.3 is 14.5 Å². The van der Waals surface area contributed by atoms with Crippen LogP contribution in [0.4, 0.5) is 30.7 Å². The molecule has 5 heterocycles. The Kier molecular flexibility index (Phi) is 6.33. The van der Waals surface area contributed by atoms with Crippen molar-refractivity contribution in [3.63, 3.8) is 0 Å². The van der Waals surface area contributed by atoms with Crippen LogP contribution in [0.2, 0.25) is 0 Å². The Bertz CT molecular complexity index is 1640. The summed E-state index contributed by atoms with van der Waals surface area (Å²) in [6.07, 6.45) is -4.22. The van der Waals surface area contributed by atoms with Crippen LogP contribution >= 0.6 is 0 Å². The van der Waals surface area contributed by atoms with Gasteiger partial charge in [0.25, 0.3) is 5.91 Å². The monoisotopic (exact) mass is 573 g/mol. The molecule has 6 rings (SSSR count). The fourth-order valence-corrected chi connectivity index (χ4v) is 5.23. The fraction of sp³-hybridized carbons (Fsp3) is 0.259. The lowest BCUT2D eigenvalue weighted by molar-refractivity contribution is -0.160. The Morgan fingerprint density at radius 1 is 1.15 bits per heavy atom. The Morgan fingerprint density at radius 3 is 2.71 bits per heavy atom. The highest BCUT2D eigenvalue weighted by atomic mass is 19.4. The molecule has 209 valence electrons. The van der Waals surface area contributed by atoms with E-state index < -0.39 is 42.9 Å². The van der Waals surface area contributed by atoms with E-state index in [1.807, 2.05) is 0 Å². The van der Waals surface area contributed by atoms with Crippen LogP contribution in [0.15, 0.2) is 64.9 Å². The quantitative estimate of drug-likeness (QED) is 0.296. The van der Waals surface area contributed by atoms with Crippen LogP contribution in [0.25, 0.3) is 5.57 Å². The number of alkyl halides is 6. The summed E-state index contributed by atoms with van der Waals surface area (Å²) in [4.78, 5) is 23.2. The van der Waals surface area contributed by atoms with E-state index in [1.54, 1.807) is 13.3 Å². The van der Waals surface area contributed by atoms with Crippen molar-refractivity contribution in [3.8, 4) is 5.75 Å². The number of benzene rings is 1. The number of carbonyl (C=O) groups is 1. The maximum atomic E-state index is 14.7. The minimum absolute atomic E-state index is 0.0816. The van der Waals surface area contributed by atoms with E-state index in [4.69, 9.17) is 4.74 Å². The number of ether oxygens (including phenoxy) is 1. The van der Waals surface area contributed by atoms with Crippen molar-refractivity contribution in [2.24, 2.45) is 4.99 Å². The standard InChI is InChI=1S/C27H17BF7N4O2/c29-20-3-4-21-15(5-7-41-21)17(20)9-28-25-37-11-19-18-10-36-22(27(33,34)35)8-14(18)12-38(13-26(30,31)32)24(40)16-2-1-6-39(25)23(16)19/h2-4,6,8,10-11H,5,7,9,12-13H2. The Hall–Kier alpha value is -4.32. The predicted octanol–water partition coefficient (Wildman–Crippen LogP) is 4.93. The first-order chi connectivity index (χ1) is 19.4. The number of rotatable bonds is 4. The van der Waals surface area contributed by atoms with E-state index in [2.05, 4.69) is 15.7 Å². The Balaban J connectivity index is 1.45. The highest BCUT2D eigenvalue weighted by Gasteiger charge is 2.40. The molecule has 1 radical (unpaired) electrons. The van der Waals surface area contributed by atoms with E-state index in [0.717, 1.165) is 6.20 Å². The predicted molar refractivity (Wildman–Crippen MR) is 133 cm³/mol. The second-order valence-electron chi connectivity index (χ2n) is 9.61. The molecule has 41 heavy (non-hydrogen) atoms. The van der Waals surface area contributed by atoms with E-state index >= 15 is 0 Å². The van der Waals surface area contributed by atoms with Gasteiger partial charge in [0.05, 0.1) is 29.8 Å². The van der Waals surface area contributed by atoms with Crippen LogP contribution in [-0.2, 0) is 30.3 Å². The molecular weight excluding hydrogens is 556 g/mol. The summed E-state index contributed by atoms with van der Waals surface area (Å²) in [7, 11) is 1.58. The fourth-order valence-electron chi connectivity index (χ4n) is 5.23. The third-order valence-electron chi connectivity index (χ3n) is 7.00. The number of allylic oxidation sites excluding steroid dienone is 1. The largest absolute Gasteiger partial charge is 0.493 e. The molecule has 1 aromatic heterocycles. The molecule has 1 amide bonds. The normalized spacial score (nSPS) is 17.8. The minimum Gasteiger partial charge on any atom is -0.493 e. The van der Waals surface area contributed by atoms with Gasteiger partial charge in [0.1, 0.15) is 23.8 Å². The average molecular weight is 573 g/mol. The Morgan fingerprint density at radius 2 is 1.95 bits per heavy atom. The van der Waals surface area contributed by atoms with Crippen molar-refractivity contribution >= 4 is 24.5 Å². The number of nitrogens with zero attached hydrogens (tertiary/aromatic N) is 4. The summed E-state index contributed by atoms with van der Waals surface area (Å²) in [6.45, 7) is -2.02. The number of amidine groups is 1. The molecule has 0 spiro atoms. The summed E-state index contributed by atoms with van der Waals surface area (Å²) in [5.74, 6) is -0.919. The lowest BCUT2D eigenvalue weighted by Gasteiger charge is -2.36. The van der Waals surface area contributed by atoms with E-state index in [9.17, 15) is 35.5 Å². The lowest BCUT2D eigenvalue weighted by Crippen LogP contribution is -2.43. The van der Waals surface area contributed by atoms with Crippen molar-refractivity contribution < 1.29 is 40.3 Å². The van der Waals surface area contributed by atoms with Crippen molar-refractivity contribution in [2.75, 3.05) is 13.2 Å². The van der Waals surface area contributed by atoms with Crippen LogP contribution in [0.5, 0.6) is 5.75 Å². The lowest BCUT2D eigenvalue weighted by atomic mass is 9.68. The van der Waals surface area contributed by atoms with Gasteiger partial charge in [0.2, 0.25) is 7.28 Å². The first-order valence-electron chi connectivity index (χ1n) is 12.3. The molecule has 14 heteroatoms.